The lowest BCUT2D eigenvalue weighted by Crippen LogP contribution is -2.04. The van der Waals surface area contributed by atoms with Gasteiger partial charge in [-0.25, -0.2) is 0 Å². The first-order valence-corrected chi connectivity index (χ1v) is 6.48. The minimum Gasteiger partial charge on any atom is -0.372 e. The molecule has 0 saturated heterocycles. The molecule has 0 spiro atoms. The molecule has 1 heterocycles. The van der Waals surface area contributed by atoms with E-state index >= 15 is 0 Å². The van der Waals surface area contributed by atoms with Crippen LogP contribution in [0.1, 0.15) is 32.1 Å². The molecule has 0 bridgehead atoms. The van der Waals surface area contributed by atoms with Gasteiger partial charge in [0.1, 0.15) is 0 Å². The second-order valence-electron chi connectivity index (χ2n) is 4.19. The van der Waals surface area contributed by atoms with Crippen molar-refractivity contribution in [1.82, 2.24) is 4.98 Å². The summed E-state index contributed by atoms with van der Waals surface area (Å²) in [6, 6.07) is 14.4. The number of fused-ring (bicyclic) bond motifs is 1. The van der Waals surface area contributed by atoms with Crippen molar-refractivity contribution in [2.45, 2.75) is 26.4 Å². The Bertz CT molecular complexity index is 464. The van der Waals surface area contributed by atoms with Gasteiger partial charge in [-0.3, -0.25) is 4.98 Å². The normalized spacial score (nSPS) is 12.3. The lowest BCUT2D eigenvalue weighted by molar-refractivity contribution is 0.0568. The lowest BCUT2D eigenvalue weighted by atomic mass is 10.2. The fourth-order valence-corrected chi connectivity index (χ4v) is 1.86. The monoisotopic (exact) mass is 241 g/mol. The fraction of sp³-hybridized carbons (Fsp3) is 0.312. The van der Waals surface area contributed by atoms with Gasteiger partial charge in [-0.15, -0.1) is 0 Å². The number of nitrogens with zero attached hydrogens (tertiary/aromatic N) is 1. The number of hydrogen-bond donors (Lipinski definition) is 0. The zero-order valence-electron chi connectivity index (χ0n) is 11.0. The van der Waals surface area contributed by atoms with Crippen LogP contribution in [0.3, 0.4) is 0 Å². The van der Waals surface area contributed by atoms with Gasteiger partial charge >= 0.3 is 0 Å². The third-order valence-corrected chi connectivity index (χ3v) is 2.87. The van der Waals surface area contributed by atoms with Crippen molar-refractivity contribution < 1.29 is 4.74 Å². The first-order valence-electron chi connectivity index (χ1n) is 6.48. The summed E-state index contributed by atoms with van der Waals surface area (Å²) in [5.74, 6) is 0. The highest BCUT2D eigenvalue weighted by atomic mass is 16.5. The molecule has 2 nitrogen and oxygen atoms in total. The van der Waals surface area contributed by atoms with Crippen LogP contribution >= 0.6 is 0 Å². The minimum atomic E-state index is 0.163. The Balaban J connectivity index is 0.000000164. The average Bonchev–Trinajstić information content (AvgIpc) is 3.04. The molecule has 2 aliphatic rings. The first-order chi connectivity index (χ1) is 8.85. The van der Waals surface area contributed by atoms with Crippen LogP contribution in [0.5, 0.6) is 0 Å². The molecule has 1 aromatic heterocycles. The third kappa shape index (κ3) is 3.41. The summed E-state index contributed by atoms with van der Waals surface area (Å²) in [6.45, 7) is 4.86. The Hall–Kier alpha value is -1.67. The Morgan fingerprint density at radius 1 is 1.06 bits per heavy atom. The van der Waals surface area contributed by atoms with Gasteiger partial charge in [0, 0.05) is 12.8 Å². The molecule has 1 aromatic rings. The second-order valence-corrected chi connectivity index (χ2v) is 4.19. The molecule has 0 saturated carbocycles. The minimum absolute atomic E-state index is 0.163. The molecule has 0 aliphatic heterocycles. The predicted octanol–water partition coefficient (Wildman–Crippen LogP) is 4.24. The van der Waals surface area contributed by atoms with Crippen LogP contribution in [0.25, 0.3) is 11.1 Å². The van der Waals surface area contributed by atoms with Crippen molar-refractivity contribution in [3.05, 3.63) is 54.4 Å². The SMILES string of the molecule is CCOC(CC)c1ccccn1.c1cc2cc-2c1. The number of pyridine rings is 1. The van der Waals surface area contributed by atoms with E-state index < -0.39 is 0 Å². The van der Waals surface area contributed by atoms with Gasteiger partial charge in [0.05, 0.1) is 11.8 Å². The second kappa shape index (κ2) is 6.31. The van der Waals surface area contributed by atoms with E-state index in [4.69, 9.17) is 4.74 Å². The van der Waals surface area contributed by atoms with Crippen molar-refractivity contribution >= 4 is 0 Å². The summed E-state index contributed by atoms with van der Waals surface area (Å²) in [5, 5.41) is 0. The van der Waals surface area contributed by atoms with Gasteiger partial charge < -0.3 is 4.74 Å². The molecule has 0 fully saturated rings. The summed E-state index contributed by atoms with van der Waals surface area (Å²) in [5.41, 5.74) is 3.88. The van der Waals surface area contributed by atoms with E-state index in [-0.39, 0.29) is 6.10 Å². The van der Waals surface area contributed by atoms with Gasteiger partial charge in [-0.1, -0.05) is 31.2 Å². The van der Waals surface area contributed by atoms with Gasteiger partial charge in [0.15, 0.2) is 0 Å². The Labute approximate surface area is 109 Å². The van der Waals surface area contributed by atoms with Gasteiger partial charge in [0.25, 0.3) is 0 Å². The van der Waals surface area contributed by atoms with Crippen molar-refractivity contribution in [1.29, 1.82) is 0 Å². The zero-order valence-corrected chi connectivity index (χ0v) is 11.0. The first kappa shape index (κ1) is 12.8. The number of benzene rings is 1. The van der Waals surface area contributed by atoms with Crippen LogP contribution in [0, 0.1) is 0 Å². The van der Waals surface area contributed by atoms with Crippen LogP contribution in [0.15, 0.2) is 48.7 Å². The average molecular weight is 241 g/mol. The highest BCUT2D eigenvalue weighted by molar-refractivity contribution is 5.80. The van der Waals surface area contributed by atoms with Gasteiger partial charge in [0.2, 0.25) is 0 Å². The summed E-state index contributed by atoms with van der Waals surface area (Å²) in [6.07, 6.45) is 2.94. The highest BCUT2D eigenvalue weighted by Crippen LogP contribution is 2.32. The number of aromatic nitrogens is 1. The largest absolute Gasteiger partial charge is 0.372 e. The van der Waals surface area contributed by atoms with E-state index in [2.05, 4.69) is 36.2 Å². The molecule has 18 heavy (non-hydrogen) atoms. The highest BCUT2D eigenvalue weighted by Gasteiger charge is 2.08. The predicted molar refractivity (Wildman–Crippen MR) is 74.3 cm³/mol. The summed E-state index contributed by atoms with van der Waals surface area (Å²) >= 11 is 0. The quantitative estimate of drug-likeness (QED) is 0.681. The van der Waals surface area contributed by atoms with Crippen LogP contribution < -0.4 is 0 Å². The van der Waals surface area contributed by atoms with Crippen LogP contribution in [-0.2, 0) is 4.74 Å². The number of hydrogen-bond acceptors (Lipinski definition) is 2. The molecule has 0 radical (unpaired) electrons. The Morgan fingerprint density at radius 2 is 1.83 bits per heavy atom. The molecule has 1 atom stereocenters. The van der Waals surface area contributed by atoms with Crippen molar-refractivity contribution in [3.63, 3.8) is 0 Å². The number of ether oxygens (including phenoxy) is 1. The zero-order chi connectivity index (χ0) is 12.8. The third-order valence-electron chi connectivity index (χ3n) is 2.87. The maximum absolute atomic E-state index is 5.51. The van der Waals surface area contributed by atoms with E-state index in [1.807, 2.05) is 25.1 Å². The Kier molecular flexibility index (Phi) is 4.48. The van der Waals surface area contributed by atoms with Crippen LogP contribution in [-0.4, -0.2) is 11.6 Å². The van der Waals surface area contributed by atoms with Crippen molar-refractivity contribution in [2.75, 3.05) is 6.61 Å². The van der Waals surface area contributed by atoms with Crippen LogP contribution in [0.2, 0.25) is 0 Å². The molecular formula is C16H19NO. The van der Waals surface area contributed by atoms with E-state index in [1.165, 1.54) is 11.1 Å². The molecular weight excluding hydrogens is 222 g/mol. The Morgan fingerprint density at radius 3 is 2.22 bits per heavy atom. The van der Waals surface area contributed by atoms with E-state index in [0.717, 1.165) is 18.7 Å². The fourth-order valence-electron chi connectivity index (χ4n) is 1.86. The van der Waals surface area contributed by atoms with E-state index in [9.17, 15) is 0 Å². The standard InChI is InChI=1S/C10H15NO.C6H4/c1-3-10(12-4-2)9-7-5-6-8-11-9;1-2-5-4-6(5)3-1/h5-8,10H,3-4H2,1-2H3;1-4H. The summed E-state index contributed by atoms with van der Waals surface area (Å²) in [4.78, 5) is 4.24. The molecule has 2 heteroatoms. The van der Waals surface area contributed by atoms with Gasteiger partial charge in [-0.05, 0) is 42.7 Å². The van der Waals surface area contributed by atoms with Crippen molar-refractivity contribution in [3.8, 4) is 11.1 Å². The lowest BCUT2D eigenvalue weighted by Gasteiger charge is -2.13. The van der Waals surface area contributed by atoms with Gasteiger partial charge in [-0.2, -0.15) is 0 Å². The molecule has 2 aliphatic carbocycles. The van der Waals surface area contributed by atoms with Crippen molar-refractivity contribution in [2.24, 2.45) is 0 Å². The molecule has 1 unspecified atom stereocenters. The maximum Gasteiger partial charge on any atom is 0.0991 e. The molecule has 94 valence electrons. The molecule has 0 aromatic carbocycles. The summed E-state index contributed by atoms with van der Waals surface area (Å²) in [7, 11) is 0. The summed E-state index contributed by atoms with van der Waals surface area (Å²) < 4.78 is 5.51. The van der Waals surface area contributed by atoms with E-state index in [1.54, 1.807) is 6.20 Å². The molecule has 0 N–H and O–H groups in total. The molecule has 0 amide bonds. The smallest absolute Gasteiger partial charge is 0.0991 e. The topological polar surface area (TPSA) is 22.1 Å². The van der Waals surface area contributed by atoms with E-state index in [0.29, 0.717) is 0 Å². The maximum atomic E-state index is 5.51. The van der Waals surface area contributed by atoms with Crippen LogP contribution in [0.4, 0.5) is 0 Å². The number of rotatable bonds is 4. The molecule has 3 rings (SSSR count).